The lowest BCUT2D eigenvalue weighted by Gasteiger charge is -2.49. The minimum absolute atomic E-state index is 0.104. The van der Waals surface area contributed by atoms with Crippen LogP contribution in [-0.2, 0) is 4.74 Å². The Hall–Kier alpha value is 0.0969. The second kappa shape index (κ2) is 4.96. The SMILES string of the molecule is CCCCN1[SiH2]N(CC)C1OC. The van der Waals surface area contributed by atoms with Crippen molar-refractivity contribution in [1.82, 2.24) is 9.13 Å². The molecule has 0 saturated carbocycles. The summed E-state index contributed by atoms with van der Waals surface area (Å²) in [4.78, 5) is 0. The molecule has 0 aromatic carbocycles. The Kier molecular flexibility index (Phi) is 4.21. The van der Waals surface area contributed by atoms with Crippen molar-refractivity contribution in [1.29, 1.82) is 0 Å². The van der Waals surface area contributed by atoms with Crippen molar-refractivity contribution in [3.8, 4) is 0 Å². The molecule has 1 fully saturated rings. The molecule has 72 valence electrons. The molecule has 1 unspecified atom stereocenters. The summed E-state index contributed by atoms with van der Waals surface area (Å²) in [5, 5.41) is 0. The van der Waals surface area contributed by atoms with Gasteiger partial charge in [0.15, 0.2) is 16.2 Å². The second-order valence-electron chi connectivity index (χ2n) is 3.27. The summed E-state index contributed by atoms with van der Waals surface area (Å²) in [6.07, 6.45) is 2.91. The molecule has 1 rings (SSSR count). The number of nitrogens with zero attached hydrogens (tertiary/aromatic N) is 2. The van der Waals surface area contributed by atoms with Crippen LogP contribution in [0.2, 0.25) is 0 Å². The molecule has 0 bridgehead atoms. The third-order valence-electron chi connectivity index (χ3n) is 2.40. The quantitative estimate of drug-likeness (QED) is 0.579. The molecule has 1 aliphatic heterocycles. The molecule has 0 radical (unpaired) electrons. The fourth-order valence-corrected chi connectivity index (χ4v) is 3.37. The first-order chi connectivity index (χ1) is 5.83. The van der Waals surface area contributed by atoms with Gasteiger partial charge in [-0.05, 0) is 19.5 Å². The maximum atomic E-state index is 5.39. The average Bonchev–Trinajstić information content (AvgIpc) is 2.04. The van der Waals surface area contributed by atoms with E-state index in [4.69, 9.17) is 4.74 Å². The summed E-state index contributed by atoms with van der Waals surface area (Å²) in [5.74, 6) is 0. The summed E-state index contributed by atoms with van der Waals surface area (Å²) in [7, 11) is 1.70. The standard InChI is InChI=1S/C8H20N2OSi/c1-4-6-7-10-8(11-3)9(5-2)12-10/h8H,4-7,12H2,1-3H3. The molecule has 4 heteroatoms. The summed E-state index contributed by atoms with van der Waals surface area (Å²) < 4.78 is 10.3. The molecule has 0 aliphatic carbocycles. The van der Waals surface area contributed by atoms with E-state index < -0.39 is 0 Å². The Morgan fingerprint density at radius 3 is 2.58 bits per heavy atom. The van der Waals surface area contributed by atoms with Gasteiger partial charge in [-0.15, -0.1) is 0 Å². The van der Waals surface area contributed by atoms with Crippen molar-refractivity contribution in [2.45, 2.75) is 33.0 Å². The highest BCUT2D eigenvalue weighted by Crippen LogP contribution is 2.16. The zero-order valence-electron chi connectivity index (χ0n) is 8.42. The van der Waals surface area contributed by atoms with E-state index in [-0.39, 0.29) is 9.84 Å². The Morgan fingerprint density at radius 1 is 1.33 bits per heavy atom. The van der Waals surface area contributed by atoms with E-state index in [1.165, 1.54) is 19.4 Å². The van der Waals surface area contributed by atoms with Crippen LogP contribution in [0.1, 0.15) is 26.7 Å². The van der Waals surface area contributed by atoms with Gasteiger partial charge in [0.1, 0.15) is 0 Å². The summed E-state index contributed by atoms with van der Waals surface area (Å²) in [6, 6.07) is 0. The minimum Gasteiger partial charge on any atom is -0.354 e. The van der Waals surface area contributed by atoms with E-state index >= 15 is 0 Å². The summed E-state index contributed by atoms with van der Waals surface area (Å²) in [6.45, 7) is 6.82. The fraction of sp³-hybridized carbons (Fsp3) is 1.00. The van der Waals surface area contributed by atoms with Crippen LogP contribution >= 0.6 is 0 Å². The lowest BCUT2D eigenvalue weighted by Crippen LogP contribution is -2.67. The van der Waals surface area contributed by atoms with E-state index in [1.807, 2.05) is 0 Å². The molecule has 0 aromatic heterocycles. The van der Waals surface area contributed by atoms with Crippen LogP contribution in [-0.4, -0.2) is 45.5 Å². The average molecular weight is 188 g/mol. The van der Waals surface area contributed by atoms with Crippen LogP contribution in [0.4, 0.5) is 0 Å². The van der Waals surface area contributed by atoms with Crippen LogP contribution in [0.25, 0.3) is 0 Å². The van der Waals surface area contributed by atoms with Crippen LogP contribution in [0.5, 0.6) is 0 Å². The molecule has 0 aromatic rings. The van der Waals surface area contributed by atoms with Crippen molar-refractivity contribution < 1.29 is 4.74 Å². The lowest BCUT2D eigenvalue weighted by atomic mass is 10.3. The van der Waals surface area contributed by atoms with E-state index in [1.54, 1.807) is 7.11 Å². The first-order valence-corrected chi connectivity index (χ1v) is 6.10. The van der Waals surface area contributed by atoms with Crippen LogP contribution < -0.4 is 0 Å². The maximum absolute atomic E-state index is 5.39. The van der Waals surface area contributed by atoms with E-state index in [0.29, 0.717) is 6.35 Å². The van der Waals surface area contributed by atoms with Crippen LogP contribution in [0.15, 0.2) is 0 Å². The highest BCUT2D eigenvalue weighted by atomic mass is 28.2. The predicted molar refractivity (Wildman–Crippen MR) is 53.3 cm³/mol. The van der Waals surface area contributed by atoms with Gasteiger partial charge in [0.25, 0.3) is 0 Å². The van der Waals surface area contributed by atoms with Crippen molar-refractivity contribution in [3.05, 3.63) is 0 Å². The molecule has 0 spiro atoms. The summed E-state index contributed by atoms with van der Waals surface area (Å²) in [5.41, 5.74) is 0. The Balaban J connectivity index is 2.21. The lowest BCUT2D eigenvalue weighted by molar-refractivity contribution is -0.111. The van der Waals surface area contributed by atoms with Gasteiger partial charge in [-0.25, -0.2) is 0 Å². The van der Waals surface area contributed by atoms with Gasteiger partial charge in [-0.2, -0.15) is 0 Å². The number of methoxy groups -OCH3 is 1. The van der Waals surface area contributed by atoms with E-state index in [2.05, 4.69) is 23.0 Å². The van der Waals surface area contributed by atoms with E-state index in [0.717, 1.165) is 6.54 Å². The molecule has 1 saturated heterocycles. The third kappa shape index (κ3) is 2.07. The largest absolute Gasteiger partial charge is 0.354 e. The highest BCUT2D eigenvalue weighted by molar-refractivity contribution is 6.31. The monoisotopic (exact) mass is 188 g/mol. The molecule has 0 amide bonds. The van der Waals surface area contributed by atoms with Crippen molar-refractivity contribution in [2.24, 2.45) is 0 Å². The number of hydrogen-bond acceptors (Lipinski definition) is 3. The molecular weight excluding hydrogens is 168 g/mol. The van der Waals surface area contributed by atoms with Crippen molar-refractivity contribution in [2.75, 3.05) is 20.2 Å². The van der Waals surface area contributed by atoms with Gasteiger partial charge in [0, 0.05) is 7.11 Å². The molecule has 1 aliphatic rings. The van der Waals surface area contributed by atoms with Gasteiger partial charge in [0.2, 0.25) is 0 Å². The second-order valence-corrected chi connectivity index (χ2v) is 5.18. The number of hydrogen-bond donors (Lipinski definition) is 0. The van der Waals surface area contributed by atoms with Crippen molar-refractivity contribution in [3.63, 3.8) is 0 Å². The molecular formula is C8H20N2OSi. The molecule has 1 atom stereocenters. The van der Waals surface area contributed by atoms with Gasteiger partial charge < -0.3 is 4.74 Å². The first-order valence-electron chi connectivity index (χ1n) is 4.84. The first kappa shape index (κ1) is 10.2. The van der Waals surface area contributed by atoms with Crippen LogP contribution in [0.3, 0.4) is 0 Å². The molecule has 1 heterocycles. The predicted octanol–water partition coefficient (Wildman–Crippen LogP) is 0.353. The molecule has 12 heavy (non-hydrogen) atoms. The van der Waals surface area contributed by atoms with Crippen LogP contribution in [0, 0.1) is 0 Å². The fourth-order valence-electron chi connectivity index (χ4n) is 1.60. The number of unbranched alkanes of at least 4 members (excludes halogenated alkanes) is 1. The Morgan fingerprint density at radius 2 is 2.08 bits per heavy atom. The highest BCUT2D eigenvalue weighted by Gasteiger charge is 2.34. The third-order valence-corrected chi connectivity index (χ3v) is 4.52. The molecule has 3 nitrogen and oxygen atoms in total. The zero-order valence-corrected chi connectivity index (χ0v) is 9.83. The van der Waals surface area contributed by atoms with E-state index in [9.17, 15) is 0 Å². The van der Waals surface area contributed by atoms with Gasteiger partial charge >= 0.3 is 0 Å². The Bertz CT molecular complexity index is 132. The van der Waals surface area contributed by atoms with Gasteiger partial charge in [-0.1, -0.05) is 20.3 Å². The number of rotatable bonds is 5. The van der Waals surface area contributed by atoms with Gasteiger partial charge in [0.05, 0.1) is 0 Å². The van der Waals surface area contributed by atoms with Crippen molar-refractivity contribution >= 4 is 9.84 Å². The van der Waals surface area contributed by atoms with Gasteiger partial charge in [-0.3, -0.25) is 9.13 Å². The minimum atomic E-state index is -0.104. The topological polar surface area (TPSA) is 15.7 Å². The smallest absolute Gasteiger partial charge is 0.179 e. The normalized spacial score (nSPS) is 27.8. The number of ether oxygens (including phenoxy) is 1. The summed E-state index contributed by atoms with van der Waals surface area (Å²) >= 11 is 0. The Labute approximate surface area is 77.7 Å². The molecule has 0 N–H and O–H groups in total. The zero-order chi connectivity index (χ0) is 8.97. The maximum Gasteiger partial charge on any atom is 0.179 e.